The highest BCUT2D eigenvalue weighted by molar-refractivity contribution is 7.11. The van der Waals surface area contributed by atoms with Crippen LogP contribution in [0.1, 0.15) is 6.92 Å². The Morgan fingerprint density at radius 3 is 2.74 bits per heavy atom. The van der Waals surface area contributed by atoms with Gasteiger partial charge < -0.3 is 0 Å². The van der Waals surface area contributed by atoms with Gasteiger partial charge in [-0.1, -0.05) is 23.4 Å². The number of anilines is 1. The fourth-order valence-electron chi connectivity index (χ4n) is 2.09. The average Bonchev–Trinajstić information content (AvgIpc) is 2.99. The number of nitro benzene ring substituents is 1. The minimum absolute atomic E-state index is 0.0181. The van der Waals surface area contributed by atoms with Crippen LogP contribution in [-0.4, -0.2) is 15.8 Å². The molecule has 8 heteroatoms. The van der Waals surface area contributed by atoms with Gasteiger partial charge in [0, 0.05) is 24.1 Å². The predicted octanol–water partition coefficient (Wildman–Crippen LogP) is 4.73. The molecule has 0 N–H and O–H groups in total. The monoisotopic (exact) mass is 327 g/mol. The van der Waals surface area contributed by atoms with Crippen LogP contribution in [0.2, 0.25) is 0 Å². The van der Waals surface area contributed by atoms with E-state index in [4.69, 9.17) is 0 Å². The van der Waals surface area contributed by atoms with Gasteiger partial charge in [0.1, 0.15) is 0 Å². The van der Waals surface area contributed by atoms with E-state index in [9.17, 15) is 10.1 Å². The smallest absolute Gasteiger partial charge is 0.258 e. The largest absolute Gasteiger partial charge is 0.270 e. The summed E-state index contributed by atoms with van der Waals surface area (Å²) in [6, 6.07) is 14.2. The summed E-state index contributed by atoms with van der Waals surface area (Å²) in [5, 5.41) is 22.3. The van der Waals surface area contributed by atoms with Crippen LogP contribution in [0.3, 0.4) is 0 Å². The molecule has 3 rings (SSSR count). The SMILES string of the molecule is CCN(N=Nc1snc2ccc([N+](=O)[O-])cc12)c1ccccc1. The second-order valence-corrected chi connectivity index (χ2v) is 5.44. The van der Waals surface area contributed by atoms with Crippen LogP contribution in [0.25, 0.3) is 10.9 Å². The lowest BCUT2D eigenvalue weighted by molar-refractivity contribution is -0.384. The Hall–Kier alpha value is -2.87. The lowest BCUT2D eigenvalue weighted by atomic mass is 10.2. The van der Waals surface area contributed by atoms with E-state index in [1.807, 2.05) is 37.3 Å². The third kappa shape index (κ3) is 3.16. The molecular formula is C15H13N5O2S. The van der Waals surface area contributed by atoms with Gasteiger partial charge in [-0.25, -0.2) is 5.01 Å². The highest BCUT2D eigenvalue weighted by Crippen LogP contribution is 2.33. The van der Waals surface area contributed by atoms with Crippen molar-refractivity contribution in [3.8, 4) is 0 Å². The molecule has 0 spiro atoms. The molecule has 0 radical (unpaired) electrons. The lowest BCUT2D eigenvalue weighted by Gasteiger charge is -2.14. The minimum Gasteiger partial charge on any atom is -0.258 e. The number of aromatic nitrogens is 1. The molecule has 1 aromatic heterocycles. The van der Waals surface area contributed by atoms with E-state index in [1.165, 1.54) is 23.7 Å². The Morgan fingerprint density at radius 2 is 2.04 bits per heavy atom. The van der Waals surface area contributed by atoms with Crippen molar-refractivity contribution in [3.63, 3.8) is 0 Å². The molecule has 0 aliphatic carbocycles. The van der Waals surface area contributed by atoms with E-state index in [0.717, 1.165) is 5.69 Å². The summed E-state index contributed by atoms with van der Waals surface area (Å²) in [5.74, 6) is 0. The van der Waals surface area contributed by atoms with Crippen molar-refractivity contribution in [2.45, 2.75) is 6.92 Å². The van der Waals surface area contributed by atoms with Gasteiger partial charge in [-0.2, -0.15) is 4.37 Å². The molecule has 0 fully saturated rings. The van der Waals surface area contributed by atoms with Crippen molar-refractivity contribution >= 4 is 38.8 Å². The third-order valence-electron chi connectivity index (χ3n) is 3.25. The fraction of sp³-hybridized carbons (Fsp3) is 0.133. The number of nitro groups is 1. The van der Waals surface area contributed by atoms with Crippen LogP contribution in [0.15, 0.2) is 58.9 Å². The average molecular weight is 327 g/mol. The number of nitrogens with zero attached hydrogens (tertiary/aromatic N) is 5. The Labute approximate surface area is 136 Å². The van der Waals surface area contributed by atoms with Crippen LogP contribution in [0.5, 0.6) is 0 Å². The van der Waals surface area contributed by atoms with E-state index in [-0.39, 0.29) is 5.69 Å². The van der Waals surface area contributed by atoms with E-state index in [2.05, 4.69) is 14.7 Å². The predicted molar refractivity (Wildman–Crippen MR) is 90.3 cm³/mol. The van der Waals surface area contributed by atoms with Crippen LogP contribution in [-0.2, 0) is 0 Å². The van der Waals surface area contributed by atoms with Gasteiger partial charge in [0.25, 0.3) is 5.69 Å². The highest BCUT2D eigenvalue weighted by Gasteiger charge is 2.12. The van der Waals surface area contributed by atoms with Crippen molar-refractivity contribution < 1.29 is 4.92 Å². The Kier molecular flexibility index (Phi) is 4.24. The maximum atomic E-state index is 10.9. The summed E-state index contributed by atoms with van der Waals surface area (Å²) in [4.78, 5) is 10.5. The number of non-ortho nitro benzene ring substituents is 1. The van der Waals surface area contributed by atoms with Crippen LogP contribution in [0, 0.1) is 10.1 Å². The van der Waals surface area contributed by atoms with Gasteiger partial charge in [0.05, 0.1) is 16.1 Å². The molecule has 116 valence electrons. The van der Waals surface area contributed by atoms with E-state index >= 15 is 0 Å². The quantitative estimate of drug-likeness (QED) is 0.385. The maximum absolute atomic E-state index is 10.9. The molecule has 1 heterocycles. The number of para-hydroxylation sites is 1. The molecule has 0 saturated carbocycles. The third-order valence-corrected chi connectivity index (χ3v) is 4.01. The normalized spacial score (nSPS) is 11.2. The standard InChI is InChI=1S/C15H13N5O2S/c1-2-19(11-6-4-3-5-7-11)18-16-15-13-10-12(20(21)22)8-9-14(13)17-23-15/h3-10H,2H2,1H3. The molecule has 0 amide bonds. The summed E-state index contributed by atoms with van der Waals surface area (Å²) in [6.45, 7) is 2.63. The van der Waals surface area contributed by atoms with E-state index < -0.39 is 4.92 Å². The Bertz CT molecular complexity index is 863. The van der Waals surface area contributed by atoms with Gasteiger partial charge in [0.15, 0.2) is 5.00 Å². The Balaban J connectivity index is 1.94. The molecule has 7 nitrogen and oxygen atoms in total. The Morgan fingerprint density at radius 1 is 1.26 bits per heavy atom. The van der Waals surface area contributed by atoms with Gasteiger partial charge in [-0.05, 0) is 36.7 Å². The van der Waals surface area contributed by atoms with Gasteiger partial charge in [-0.15, -0.1) is 5.11 Å². The van der Waals surface area contributed by atoms with Crippen molar-refractivity contribution in [3.05, 3.63) is 58.6 Å². The molecule has 0 saturated heterocycles. The first-order valence-corrected chi connectivity index (χ1v) is 7.74. The van der Waals surface area contributed by atoms with E-state index in [1.54, 1.807) is 11.1 Å². The van der Waals surface area contributed by atoms with Crippen molar-refractivity contribution in [2.24, 2.45) is 10.3 Å². The first-order valence-electron chi connectivity index (χ1n) is 6.97. The molecule has 0 aliphatic heterocycles. The second kappa shape index (κ2) is 6.49. The van der Waals surface area contributed by atoms with Crippen molar-refractivity contribution in [1.29, 1.82) is 0 Å². The maximum Gasteiger partial charge on any atom is 0.270 e. The number of rotatable bonds is 5. The first-order chi connectivity index (χ1) is 11.2. The van der Waals surface area contributed by atoms with Crippen LogP contribution >= 0.6 is 11.5 Å². The molecular weight excluding hydrogens is 314 g/mol. The van der Waals surface area contributed by atoms with Crippen molar-refractivity contribution in [2.75, 3.05) is 11.6 Å². The number of hydrogen-bond donors (Lipinski definition) is 0. The highest BCUT2D eigenvalue weighted by atomic mass is 32.1. The number of benzene rings is 2. The zero-order valence-electron chi connectivity index (χ0n) is 12.3. The fourth-order valence-corrected chi connectivity index (χ4v) is 2.77. The summed E-state index contributed by atoms with van der Waals surface area (Å²) in [7, 11) is 0. The number of hydrogen-bond acceptors (Lipinski definition) is 6. The summed E-state index contributed by atoms with van der Waals surface area (Å²) in [6.07, 6.45) is 0. The number of fused-ring (bicyclic) bond motifs is 1. The molecule has 23 heavy (non-hydrogen) atoms. The van der Waals surface area contributed by atoms with Gasteiger partial charge in [-0.3, -0.25) is 10.1 Å². The van der Waals surface area contributed by atoms with Crippen molar-refractivity contribution in [1.82, 2.24) is 4.37 Å². The summed E-state index contributed by atoms with van der Waals surface area (Å²) < 4.78 is 4.24. The zero-order valence-corrected chi connectivity index (χ0v) is 13.1. The molecule has 0 unspecified atom stereocenters. The lowest BCUT2D eigenvalue weighted by Crippen LogP contribution is -2.13. The first kappa shape index (κ1) is 15.0. The zero-order chi connectivity index (χ0) is 16.2. The minimum atomic E-state index is -0.430. The van der Waals surface area contributed by atoms with E-state index in [0.29, 0.717) is 22.4 Å². The van der Waals surface area contributed by atoms with Gasteiger partial charge >= 0.3 is 0 Å². The molecule has 0 aliphatic rings. The summed E-state index contributed by atoms with van der Waals surface area (Å²) >= 11 is 1.17. The van der Waals surface area contributed by atoms with Gasteiger partial charge in [0.2, 0.25) is 0 Å². The molecule has 0 atom stereocenters. The summed E-state index contributed by atoms with van der Waals surface area (Å²) in [5.41, 5.74) is 1.63. The van der Waals surface area contributed by atoms with Crippen LogP contribution in [0.4, 0.5) is 16.4 Å². The molecule has 2 aromatic carbocycles. The topological polar surface area (TPSA) is 84.0 Å². The molecule has 3 aromatic rings. The van der Waals surface area contributed by atoms with Crippen LogP contribution < -0.4 is 5.01 Å². The second-order valence-electron chi connectivity index (χ2n) is 4.69. The molecule has 0 bridgehead atoms.